The van der Waals surface area contributed by atoms with E-state index in [1.807, 2.05) is 0 Å². The molecule has 0 spiro atoms. The molecule has 0 saturated carbocycles. The fourth-order valence-electron chi connectivity index (χ4n) is 3.43. The third-order valence-electron chi connectivity index (χ3n) is 5.26. The summed E-state index contributed by atoms with van der Waals surface area (Å²) < 4.78 is 0. The number of carboxylic acid groups (broad SMARTS) is 2. The predicted molar refractivity (Wildman–Crippen MR) is 111 cm³/mol. The maximum atomic E-state index is 11.8. The van der Waals surface area contributed by atoms with Crippen molar-refractivity contribution in [3.05, 3.63) is 0 Å². The second kappa shape index (κ2) is 26.1. The Morgan fingerprint density at radius 1 is 0.645 bits per heavy atom. The van der Waals surface area contributed by atoms with Crippen molar-refractivity contribution in [2.75, 3.05) is 0 Å². The van der Waals surface area contributed by atoms with Crippen LogP contribution in [-0.4, -0.2) is 23.9 Å². The van der Waals surface area contributed by atoms with E-state index in [0.29, 0.717) is 6.42 Å². The first-order chi connectivity index (χ1) is 14.0. The van der Waals surface area contributed by atoms with Gasteiger partial charge in [0.25, 0.3) is 0 Å². The molecule has 0 heterocycles. The standard InChI is InChI=1S/C23H43NO5.2Ag/c1-2-3-4-5-6-7-8-9-10-11-12-13-14-15-16-17-21(25)24-20(23(28)29)18-19-22(26)27;;/h20H,2-19H2,1H3,(H,24,25)(H,26,27)(H,28,29);;/q;2*+1/p-2. The van der Waals surface area contributed by atoms with E-state index in [-0.39, 0.29) is 63.5 Å². The Hall–Kier alpha value is -0.109. The number of aliphatic carboxylic acids is 2. The fraction of sp³-hybridized carbons (Fsp3) is 0.870. The van der Waals surface area contributed by atoms with Gasteiger partial charge in [0.1, 0.15) is 0 Å². The first-order valence-electron chi connectivity index (χ1n) is 11.7. The average Bonchev–Trinajstić information content (AvgIpc) is 2.67. The number of amides is 1. The molecule has 0 aromatic carbocycles. The zero-order valence-corrected chi connectivity index (χ0v) is 21.9. The van der Waals surface area contributed by atoms with Crippen LogP contribution in [0.2, 0.25) is 0 Å². The van der Waals surface area contributed by atoms with Crippen LogP contribution in [0.25, 0.3) is 0 Å². The first kappa shape index (κ1) is 35.5. The Morgan fingerprint density at radius 3 is 1.39 bits per heavy atom. The van der Waals surface area contributed by atoms with E-state index in [1.165, 1.54) is 77.0 Å². The number of rotatable bonds is 21. The van der Waals surface area contributed by atoms with E-state index in [0.717, 1.165) is 12.8 Å². The molecule has 190 valence electrons. The first-order valence-corrected chi connectivity index (χ1v) is 11.7. The van der Waals surface area contributed by atoms with E-state index in [4.69, 9.17) is 0 Å². The van der Waals surface area contributed by atoms with Crippen LogP contribution in [-0.2, 0) is 59.1 Å². The molecule has 0 radical (unpaired) electrons. The van der Waals surface area contributed by atoms with E-state index in [1.54, 1.807) is 0 Å². The number of nitrogens with one attached hydrogen (secondary N) is 1. The van der Waals surface area contributed by atoms with Crippen LogP contribution < -0.4 is 15.5 Å². The normalized spacial score (nSPS) is 11.1. The van der Waals surface area contributed by atoms with E-state index in [2.05, 4.69) is 12.2 Å². The average molecular weight is 627 g/mol. The fourth-order valence-corrected chi connectivity index (χ4v) is 3.43. The minimum absolute atomic E-state index is 0. The van der Waals surface area contributed by atoms with Crippen LogP contribution in [0.15, 0.2) is 0 Å². The van der Waals surface area contributed by atoms with Gasteiger partial charge >= 0.3 is 44.8 Å². The molecule has 1 N–H and O–H groups in total. The van der Waals surface area contributed by atoms with Crippen molar-refractivity contribution in [3.8, 4) is 0 Å². The number of carboxylic acids is 2. The van der Waals surface area contributed by atoms with Gasteiger partial charge in [-0.05, 0) is 19.3 Å². The van der Waals surface area contributed by atoms with Crippen molar-refractivity contribution in [3.63, 3.8) is 0 Å². The molecule has 0 fully saturated rings. The van der Waals surface area contributed by atoms with Gasteiger partial charge in [-0.1, -0.05) is 96.8 Å². The van der Waals surface area contributed by atoms with Gasteiger partial charge in [-0.3, -0.25) is 4.79 Å². The maximum absolute atomic E-state index is 11.8. The molecule has 0 bridgehead atoms. The van der Waals surface area contributed by atoms with Crippen LogP contribution in [0.1, 0.15) is 122 Å². The van der Waals surface area contributed by atoms with Crippen LogP contribution in [0.3, 0.4) is 0 Å². The van der Waals surface area contributed by atoms with Crippen molar-refractivity contribution in [2.24, 2.45) is 0 Å². The SMILES string of the molecule is CCCCCCCCCCCCCCCCCC(=O)NC(CCC(=O)[O-])C(=O)[O-].[Ag+].[Ag+]. The summed E-state index contributed by atoms with van der Waals surface area (Å²) >= 11 is 0. The zero-order chi connectivity index (χ0) is 21.7. The van der Waals surface area contributed by atoms with E-state index < -0.39 is 24.4 Å². The van der Waals surface area contributed by atoms with Crippen LogP contribution in [0.5, 0.6) is 0 Å². The summed E-state index contributed by atoms with van der Waals surface area (Å²) in [5, 5.41) is 23.7. The van der Waals surface area contributed by atoms with Gasteiger partial charge in [0.05, 0.1) is 12.0 Å². The molecule has 31 heavy (non-hydrogen) atoms. The Balaban J connectivity index is -0.00000392. The maximum Gasteiger partial charge on any atom is 1.00 e. The molecule has 0 aromatic heterocycles. The molecule has 0 aromatic rings. The van der Waals surface area contributed by atoms with Gasteiger partial charge in [0.2, 0.25) is 5.91 Å². The van der Waals surface area contributed by atoms with Gasteiger partial charge in [-0.25, -0.2) is 0 Å². The molecule has 0 rings (SSSR count). The third kappa shape index (κ3) is 26.0. The molecule has 1 amide bonds. The quantitative estimate of drug-likeness (QED) is 0.156. The molecular weight excluding hydrogens is 586 g/mol. The smallest absolute Gasteiger partial charge is 0.550 e. The molecule has 0 aliphatic rings. The van der Waals surface area contributed by atoms with Crippen molar-refractivity contribution >= 4 is 17.8 Å². The predicted octanol–water partition coefficient (Wildman–Crippen LogP) is 3.01. The van der Waals surface area contributed by atoms with Crippen molar-refractivity contribution in [1.29, 1.82) is 0 Å². The van der Waals surface area contributed by atoms with Crippen molar-refractivity contribution in [2.45, 2.75) is 129 Å². The van der Waals surface area contributed by atoms with Gasteiger partial charge < -0.3 is 25.1 Å². The summed E-state index contributed by atoms with van der Waals surface area (Å²) in [5.41, 5.74) is 0. The Morgan fingerprint density at radius 2 is 1.03 bits per heavy atom. The summed E-state index contributed by atoms with van der Waals surface area (Å²) in [6.45, 7) is 2.25. The molecule has 1 unspecified atom stereocenters. The second-order valence-corrected chi connectivity index (χ2v) is 8.05. The molecule has 0 saturated heterocycles. The summed E-state index contributed by atoms with van der Waals surface area (Å²) in [5.74, 6) is -3.17. The summed E-state index contributed by atoms with van der Waals surface area (Å²) in [6, 6.07) is -1.27. The monoisotopic (exact) mass is 625 g/mol. The van der Waals surface area contributed by atoms with E-state index >= 15 is 0 Å². The molecule has 0 aliphatic heterocycles. The molecule has 6 nitrogen and oxygen atoms in total. The minimum Gasteiger partial charge on any atom is -0.550 e. The van der Waals surface area contributed by atoms with Crippen LogP contribution in [0.4, 0.5) is 0 Å². The minimum atomic E-state index is -1.46. The largest absolute Gasteiger partial charge is 1.00 e. The summed E-state index contributed by atoms with van der Waals surface area (Å²) in [7, 11) is 0. The van der Waals surface area contributed by atoms with Crippen LogP contribution >= 0.6 is 0 Å². The Kier molecular flexibility index (Phi) is 29.9. The van der Waals surface area contributed by atoms with E-state index in [9.17, 15) is 24.6 Å². The Labute approximate surface area is 220 Å². The number of carbonyl (C=O) groups excluding carboxylic acids is 3. The number of unbranched alkanes of at least 4 members (excludes halogenated alkanes) is 14. The molecule has 1 atom stereocenters. The Bertz CT molecular complexity index is 450. The van der Waals surface area contributed by atoms with Gasteiger partial charge in [-0.2, -0.15) is 0 Å². The third-order valence-corrected chi connectivity index (χ3v) is 5.26. The molecule has 0 aliphatic carbocycles. The summed E-state index contributed by atoms with van der Waals surface area (Å²) in [6.07, 6.45) is 18.3. The molecular formula is C23H41Ag2NO5. The van der Waals surface area contributed by atoms with Gasteiger partial charge in [0.15, 0.2) is 0 Å². The van der Waals surface area contributed by atoms with Crippen molar-refractivity contribution in [1.82, 2.24) is 5.32 Å². The second-order valence-electron chi connectivity index (χ2n) is 8.05. The van der Waals surface area contributed by atoms with Crippen molar-refractivity contribution < 1.29 is 69.4 Å². The van der Waals surface area contributed by atoms with Gasteiger partial charge in [0, 0.05) is 12.4 Å². The van der Waals surface area contributed by atoms with Crippen LogP contribution in [0, 0.1) is 0 Å². The topological polar surface area (TPSA) is 109 Å². The molecule has 8 heteroatoms. The number of carbonyl (C=O) groups is 3. The zero-order valence-electron chi connectivity index (χ0n) is 18.9. The summed E-state index contributed by atoms with van der Waals surface area (Å²) in [4.78, 5) is 33.1. The van der Waals surface area contributed by atoms with Gasteiger partial charge in [-0.15, -0.1) is 0 Å². The number of hydrogen-bond donors (Lipinski definition) is 1. The number of hydrogen-bond acceptors (Lipinski definition) is 5.